The molecule has 0 amide bonds. The summed E-state index contributed by atoms with van der Waals surface area (Å²) < 4.78 is 34.7. The average molecular weight is 317 g/mol. The number of nitrogens with one attached hydrogen (secondary N) is 1. The zero-order valence-electron chi connectivity index (χ0n) is 11.9. The summed E-state index contributed by atoms with van der Waals surface area (Å²) in [6.07, 6.45) is 0. The van der Waals surface area contributed by atoms with E-state index in [1.807, 2.05) is 30.3 Å². The van der Waals surface area contributed by atoms with Crippen molar-refractivity contribution < 1.29 is 17.9 Å². The first-order valence-electron chi connectivity index (χ1n) is 6.88. The lowest BCUT2D eigenvalue weighted by molar-refractivity contribution is -0.0493. The Morgan fingerprint density at radius 1 is 1.00 bits per heavy atom. The fraction of sp³-hybridized carbons (Fsp3) is 0.125. The highest BCUT2D eigenvalue weighted by Crippen LogP contribution is 2.26. The quantitative estimate of drug-likeness (QED) is 0.746. The molecular weight excluding hydrogens is 304 g/mol. The number of ether oxygens (including phenoxy) is 1. The molecule has 1 heterocycles. The van der Waals surface area contributed by atoms with Crippen LogP contribution in [-0.2, 0) is 6.54 Å². The Morgan fingerprint density at radius 3 is 2.52 bits per heavy atom. The molecule has 0 aliphatic carbocycles. The van der Waals surface area contributed by atoms with Gasteiger partial charge in [-0.05, 0) is 24.3 Å². The maximum atomic E-state index is 12.4. The summed E-state index contributed by atoms with van der Waals surface area (Å²) in [5, 5.41) is 10.8. The Bertz CT molecular complexity index is 763. The lowest BCUT2D eigenvalue weighted by Crippen LogP contribution is -2.06. The molecule has 0 saturated heterocycles. The summed E-state index contributed by atoms with van der Waals surface area (Å²) in [5.41, 5.74) is 1.24. The summed E-state index contributed by atoms with van der Waals surface area (Å²) in [5.74, 6) is 0.806. The van der Waals surface area contributed by atoms with E-state index in [0.29, 0.717) is 17.5 Å². The van der Waals surface area contributed by atoms with Crippen molar-refractivity contribution in [1.82, 2.24) is 10.2 Å². The minimum atomic E-state index is -2.88. The molecule has 3 aromatic rings. The minimum absolute atomic E-state index is 0.0605. The predicted molar refractivity (Wildman–Crippen MR) is 80.1 cm³/mol. The monoisotopic (exact) mass is 317 g/mol. The number of halogens is 2. The van der Waals surface area contributed by atoms with Gasteiger partial charge in [0.25, 0.3) is 0 Å². The van der Waals surface area contributed by atoms with Crippen LogP contribution in [0.4, 0.5) is 14.5 Å². The molecule has 0 atom stereocenters. The third-order valence-electron chi connectivity index (χ3n) is 3.02. The third-order valence-corrected chi connectivity index (χ3v) is 3.02. The maximum absolute atomic E-state index is 12.4. The van der Waals surface area contributed by atoms with Crippen molar-refractivity contribution in [3.63, 3.8) is 0 Å². The number of alkyl halides is 2. The van der Waals surface area contributed by atoms with Gasteiger partial charge in [0.05, 0.1) is 12.2 Å². The second-order valence-corrected chi connectivity index (χ2v) is 4.60. The molecule has 5 nitrogen and oxygen atoms in total. The molecular formula is C16H13F2N3O2. The van der Waals surface area contributed by atoms with Crippen LogP contribution in [0.1, 0.15) is 5.89 Å². The summed E-state index contributed by atoms with van der Waals surface area (Å²) >= 11 is 0. The highest BCUT2D eigenvalue weighted by Gasteiger charge is 2.11. The zero-order valence-corrected chi connectivity index (χ0v) is 11.9. The van der Waals surface area contributed by atoms with Gasteiger partial charge >= 0.3 is 6.61 Å². The van der Waals surface area contributed by atoms with Crippen molar-refractivity contribution in [3.05, 3.63) is 60.5 Å². The molecule has 1 N–H and O–H groups in total. The first kappa shape index (κ1) is 15.0. The molecule has 0 bridgehead atoms. The number of aromatic nitrogens is 2. The molecule has 0 aliphatic heterocycles. The molecule has 3 rings (SSSR count). The summed E-state index contributed by atoms with van der Waals surface area (Å²) in [6.45, 7) is -2.69. The fourth-order valence-corrected chi connectivity index (χ4v) is 2.00. The molecule has 0 saturated carbocycles. The average Bonchev–Trinajstić information content (AvgIpc) is 3.03. The Kier molecular flexibility index (Phi) is 4.46. The van der Waals surface area contributed by atoms with Gasteiger partial charge in [-0.2, -0.15) is 8.78 Å². The Labute approximate surface area is 130 Å². The zero-order chi connectivity index (χ0) is 16.1. The summed E-state index contributed by atoms with van der Waals surface area (Å²) in [7, 11) is 0. The lowest BCUT2D eigenvalue weighted by Gasteiger charge is -2.11. The maximum Gasteiger partial charge on any atom is 0.387 e. The van der Waals surface area contributed by atoms with E-state index in [-0.39, 0.29) is 12.3 Å². The van der Waals surface area contributed by atoms with Crippen LogP contribution >= 0.6 is 0 Å². The largest absolute Gasteiger partial charge is 0.433 e. The van der Waals surface area contributed by atoms with Crippen LogP contribution < -0.4 is 10.1 Å². The van der Waals surface area contributed by atoms with E-state index in [1.54, 1.807) is 18.2 Å². The number of para-hydroxylation sites is 2. The molecule has 0 spiro atoms. The number of hydrogen-bond donors (Lipinski definition) is 1. The summed E-state index contributed by atoms with van der Waals surface area (Å²) in [6, 6.07) is 15.8. The van der Waals surface area contributed by atoms with Gasteiger partial charge in [-0.1, -0.05) is 30.3 Å². The van der Waals surface area contributed by atoms with Gasteiger partial charge in [0.1, 0.15) is 5.75 Å². The lowest BCUT2D eigenvalue weighted by atomic mass is 10.2. The van der Waals surface area contributed by atoms with Gasteiger partial charge in [0.2, 0.25) is 11.8 Å². The summed E-state index contributed by atoms with van der Waals surface area (Å²) in [4.78, 5) is 0. The number of anilines is 1. The number of benzene rings is 2. The highest BCUT2D eigenvalue weighted by atomic mass is 19.3. The van der Waals surface area contributed by atoms with E-state index < -0.39 is 6.61 Å². The van der Waals surface area contributed by atoms with Crippen LogP contribution in [-0.4, -0.2) is 16.8 Å². The molecule has 0 aliphatic rings. The van der Waals surface area contributed by atoms with Crippen LogP contribution in [0.2, 0.25) is 0 Å². The van der Waals surface area contributed by atoms with E-state index in [4.69, 9.17) is 4.42 Å². The predicted octanol–water partition coefficient (Wildman–Crippen LogP) is 3.95. The minimum Gasteiger partial charge on any atom is -0.433 e. The molecule has 1 aromatic heterocycles. The Balaban J connectivity index is 1.69. The Morgan fingerprint density at radius 2 is 1.74 bits per heavy atom. The first-order valence-corrected chi connectivity index (χ1v) is 6.88. The van der Waals surface area contributed by atoms with Gasteiger partial charge in [-0.3, -0.25) is 0 Å². The van der Waals surface area contributed by atoms with Crippen molar-refractivity contribution in [2.45, 2.75) is 13.2 Å². The van der Waals surface area contributed by atoms with Gasteiger partial charge < -0.3 is 14.5 Å². The van der Waals surface area contributed by atoms with E-state index in [0.717, 1.165) is 5.56 Å². The number of hydrogen-bond acceptors (Lipinski definition) is 5. The van der Waals surface area contributed by atoms with Crippen LogP contribution in [0.5, 0.6) is 5.75 Å². The van der Waals surface area contributed by atoms with Crippen molar-refractivity contribution in [2.24, 2.45) is 0 Å². The second-order valence-electron chi connectivity index (χ2n) is 4.60. The van der Waals surface area contributed by atoms with Crippen molar-refractivity contribution in [2.75, 3.05) is 5.32 Å². The Hall–Kier alpha value is -2.96. The van der Waals surface area contributed by atoms with E-state index in [2.05, 4.69) is 20.3 Å². The molecule has 0 fully saturated rings. The van der Waals surface area contributed by atoms with Crippen LogP contribution in [0.25, 0.3) is 11.5 Å². The molecule has 7 heteroatoms. The van der Waals surface area contributed by atoms with Crippen LogP contribution in [0, 0.1) is 0 Å². The second kappa shape index (κ2) is 6.87. The van der Waals surface area contributed by atoms with Crippen molar-refractivity contribution >= 4 is 5.69 Å². The molecule has 2 aromatic carbocycles. The normalized spacial score (nSPS) is 10.7. The van der Waals surface area contributed by atoms with E-state index >= 15 is 0 Å². The third kappa shape index (κ3) is 3.82. The van der Waals surface area contributed by atoms with Crippen molar-refractivity contribution in [3.8, 4) is 17.2 Å². The fourth-order valence-electron chi connectivity index (χ4n) is 2.00. The standard InChI is InChI=1S/C16H13F2N3O2/c17-16(18)22-13-9-5-4-8-12(13)19-10-14-20-21-15(23-14)11-6-2-1-3-7-11/h1-9,16,19H,10H2. The van der Waals surface area contributed by atoms with Crippen LogP contribution in [0.15, 0.2) is 59.0 Å². The van der Waals surface area contributed by atoms with Gasteiger partial charge in [0, 0.05) is 5.56 Å². The SMILES string of the molecule is FC(F)Oc1ccccc1NCc1nnc(-c2ccccc2)o1. The van der Waals surface area contributed by atoms with E-state index in [9.17, 15) is 8.78 Å². The van der Waals surface area contributed by atoms with Gasteiger partial charge in [-0.15, -0.1) is 10.2 Å². The van der Waals surface area contributed by atoms with Crippen molar-refractivity contribution in [1.29, 1.82) is 0 Å². The highest BCUT2D eigenvalue weighted by molar-refractivity contribution is 5.56. The molecule has 0 radical (unpaired) electrons. The van der Waals surface area contributed by atoms with Gasteiger partial charge in [0.15, 0.2) is 0 Å². The molecule has 0 unspecified atom stereocenters. The number of nitrogens with zero attached hydrogens (tertiary/aromatic N) is 2. The van der Waals surface area contributed by atoms with Crippen LogP contribution in [0.3, 0.4) is 0 Å². The molecule has 23 heavy (non-hydrogen) atoms. The first-order chi connectivity index (χ1) is 11.2. The smallest absolute Gasteiger partial charge is 0.387 e. The topological polar surface area (TPSA) is 60.2 Å². The molecule has 118 valence electrons. The van der Waals surface area contributed by atoms with Gasteiger partial charge in [-0.25, -0.2) is 0 Å². The van der Waals surface area contributed by atoms with E-state index in [1.165, 1.54) is 6.07 Å². The number of rotatable bonds is 6.